The number of para-hydroxylation sites is 1. The molecule has 23 heavy (non-hydrogen) atoms. The van der Waals surface area contributed by atoms with Gasteiger partial charge in [-0.05, 0) is 24.8 Å². The highest BCUT2D eigenvalue weighted by Gasteiger charge is 2.30. The Bertz CT molecular complexity index is 529. The lowest BCUT2D eigenvalue weighted by Crippen LogP contribution is -2.48. The summed E-state index contributed by atoms with van der Waals surface area (Å²) in [5.41, 5.74) is 1.08. The number of carbonyl (C=O) groups excluding carboxylic acids is 1. The van der Waals surface area contributed by atoms with Crippen LogP contribution in [-0.2, 0) is 9.53 Å². The normalized spacial score (nSPS) is 24.7. The Morgan fingerprint density at radius 1 is 1.43 bits per heavy atom. The molecule has 2 heterocycles. The minimum Gasteiger partial charge on any atom is -0.496 e. The molecule has 2 aliphatic rings. The van der Waals surface area contributed by atoms with Crippen LogP contribution >= 0.6 is 0 Å². The smallest absolute Gasteiger partial charge is 0.223 e. The maximum atomic E-state index is 12.8. The van der Waals surface area contributed by atoms with Crippen LogP contribution in [-0.4, -0.2) is 50.8 Å². The number of carbonyl (C=O) groups is 1. The summed E-state index contributed by atoms with van der Waals surface area (Å²) in [6.45, 7) is 4.03. The van der Waals surface area contributed by atoms with Gasteiger partial charge >= 0.3 is 0 Å². The molecule has 0 saturated carbocycles. The van der Waals surface area contributed by atoms with Gasteiger partial charge in [-0.1, -0.05) is 18.2 Å². The van der Waals surface area contributed by atoms with E-state index < -0.39 is 0 Å². The third kappa shape index (κ3) is 3.85. The summed E-state index contributed by atoms with van der Waals surface area (Å²) >= 11 is 0. The first kappa shape index (κ1) is 16.3. The number of hydrogen-bond donors (Lipinski definition) is 1. The van der Waals surface area contributed by atoms with Crippen molar-refractivity contribution < 1.29 is 14.3 Å². The number of rotatable bonds is 5. The van der Waals surface area contributed by atoms with Gasteiger partial charge < -0.3 is 19.7 Å². The first-order chi connectivity index (χ1) is 11.3. The van der Waals surface area contributed by atoms with Crippen LogP contribution in [0.3, 0.4) is 0 Å². The minimum absolute atomic E-state index is 0.0484. The molecule has 5 heteroatoms. The molecule has 2 saturated heterocycles. The molecule has 3 rings (SSSR count). The zero-order valence-corrected chi connectivity index (χ0v) is 13.8. The Kier molecular flexibility index (Phi) is 5.51. The van der Waals surface area contributed by atoms with Crippen molar-refractivity contribution in [3.63, 3.8) is 0 Å². The number of ether oxygens (including phenoxy) is 2. The molecule has 1 aromatic rings. The summed E-state index contributed by atoms with van der Waals surface area (Å²) in [5.74, 6) is 1.64. The maximum absolute atomic E-state index is 12.8. The third-order valence-corrected chi connectivity index (χ3v) is 4.85. The van der Waals surface area contributed by atoms with Crippen molar-refractivity contribution in [3.05, 3.63) is 29.8 Å². The molecule has 0 spiro atoms. The van der Waals surface area contributed by atoms with E-state index in [0.29, 0.717) is 12.3 Å². The number of amides is 1. The highest BCUT2D eigenvalue weighted by molar-refractivity contribution is 5.77. The van der Waals surface area contributed by atoms with Gasteiger partial charge in [-0.15, -0.1) is 0 Å². The van der Waals surface area contributed by atoms with Crippen LogP contribution < -0.4 is 10.1 Å². The molecule has 126 valence electrons. The van der Waals surface area contributed by atoms with Gasteiger partial charge in [0.2, 0.25) is 5.91 Å². The van der Waals surface area contributed by atoms with Crippen LogP contribution in [0.2, 0.25) is 0 Å². The van der Waals surface area contributed by atoms with Crippen LogP contribution in [0.5, 0.6) is 5.75 Å². The second kappa shape index (κ2) is 7.79. The van der Waals surface area contributed by atoms with Crippen molar-refractivity contribution in [1.82, 2.24) is 10.2 Å². The Balaban J connectivity index is 1.69. The fourth-order valence-electron chi connectivity index (χ4n) is 3.50. The largest absolute Gasteiger partial charge is 0.496 e. The van der Waals surface area contributed by atoms with E-state index in [1.807, 2.05) is 23.1 Å². The molecule has 2 fully saturated rings. The monoisotopic (exact) mass is 318 g/mol. The van der Waals surface area contributed by atoms with E-state index in [-0.39, 0.29) is 11.9 Å². The predicted molar refractivity (Wildman–Crippen MR) is 88.5 cm³/mol. The molecule has 2 atom stereocenters. The van der Waals surface area contributed by atoms with Gasteiger partial charge in [-0.3, -0.25) is 4.79 Å². The van der Waals surface area contributed by atoms with Crippen molar-refractivity contribution in [3.8, 4) is 5.75 Å². The summed E-state index contributed by atoms with van der Waals surface area (Å²) in [6, 6.07) is 8.03. The molecule has 0 bridgehead atoms. The molecule has 5 nitrogen and oxygen atoms in total. The van der Waals surface area contributed by atoms with E-state index in [4.69, 9.17) is 9.47 Å². The predicted octanol–water partition coefficient (Wildman–Crippen LogP) is 1.98. The van der Waals surface area contributed by atoms with E-state index >= 15 is 0 Å². The summed E-state index contributed by atoms with van der Waals surface area (Å²) in [7, 11) is 1.68. The Morgan fingerprint density at radius 3 is 3.09 bits per heavy atom. The fourth-order valence-corrected chi connectivity index (χ4v) is 3.50. The lowest BCUT2D eigenvalue weighted by molar-refractivity contribution is -0.134. The fraction of sp³-hybridized carbons (Fsp3) is 0.611. The number of methoxy groups -OCH3 is 1. The molecule has 0 aromatic heterocycles. The Hall–Kier alpha value is -1.59. The number of benzene rings is 1. The van der Waals surface area contributed by atoms with Gasteiger partial charge in [0.15, 0.2) is 0 Å². The standard InChI is InChI=1S/C18H26N2O3/c1-22-17-5-3-2-4-15(17)16-12-19-9-10-20(16)18(21)7-6-14-8-11-23-13-14/h2-5,14,16,19H,6-13H2,1H3. The zero-order valence-electron chi connectivity index (χ0n) is 13.8. The second-order valence-electron chi connectivity index (χ2n) is 6.32. The van der Waals surface area contributed by atoms with Gasteiger partial charge in [0.1, 0.15) is 5.75 Å². The molecule has 2 aliphatic heterocycles. The van der Waals surface area contributed by atoms with E-state index in [9.17, 15) is 4.79 Å². The third-order valence-electron chi connectivity index (χ3n) is 4.85. The average Bonchev–Trinajstić information content (AvgIpc) is 3.13. The second-order valence-corrected chi connectivity index (χ2v) is 6.32. The first-order valence-corrected chi connectivity index (χ1v) is 8.50. The molecular formula is C18H26N2O3. The van der Waals surface area contributed by atoms with Crippen molar-refractivity contribution in [2.24, 2.45) is 5.92 Å². The summed E-state index contributed by atoms with van der Waals surface area (Å²) < 4.78 is 10.9. The van der Waals surface area contributed by atoms with Crippen molar-refractivity contribution >= 4 is 5.91 Å². The topological polar surface area (TPSA) is 50.8 Å². The number of hydrogen-bond acceptors (Lipinski definition) is 4. The van der Waals surface area contributed by atoms with Crippen LogP contribution in [0.1, 0.15) is 30.9 Å². The molecule has 1 N–H and O–H groups in total. The van der Waals surface area contributed by atoms with Crippen LogP contribution in [0.15, 0.2) is 24.3 Å². The summed E-state index contributed by atoms with van der Waals surface area (Å²) in [4.78, 5) is 14.8. The molecule has 0 aliphatic carbocycles. The van der Waals surface area contributed by atoms with Gasteiger partial charge in [-0.2, -0.15) is 0 Å². The molecule has 0 radical (unpaired) electrons. The quantitative estimate of drug-likeness (QED) is 0.902. The van der Waals surface area contributed by atoms with Gasteiger partial charge in [-0.25, -0.2) is 0 Å². The highest BCUT2D eigenvalue weighted by Crippen LogP contribution is 2.31. The van der Waals surface area contributed by atoms with E-state index in [0.717, 1.165) is 57.0 Å². The van der Waals surface area contributed by atoms with Crippen molar-refractivity contribution in [2.45, 2.75) is 25.3 Å². The summed E-state index contributed by atoms with van der Waals surface area (Å²) in [5, 5.41) is 3.40. The van der Waals surface area contributed by atoms with E-state index in [2.05, 4.69) is 11.4 Å². The number of nitrogens with zero attached hydrogens (tertiary/aromatic N) is 1. The van der Waals surface area contributed by atoms with Crippen molar-refractivity contribution in [2.75, 3.05) is 40.0 Å². The summed E-state index contributed by atoms with van der Waals surface area (Å²) in [6.07, 6.45) is 2.63. The van der Waals surface area contributed by atoms with Crippen LogP contribution in [0.4, 0.5) is 0 Å². The Morgan fingerprint density at radius 2 is 2.30 bits per heavy atom. The highest BCUT2D eigenvalue weighted by atomic mass is 16.5. The van der Waals surface area contributed by atoms with Crippen molar-refractivity contribution in [1.29, 1.82) is 0 Å². The number of nitrogens with one attached hydrogen (secondary N) is 1. The van der Waals surface area contributed by atoms with Gasteiger partial charge in [0.25, 0.3) is 0 Å². The first-order valence-electron chi connectivity index (χ1n) is 8.50. The van der Waals surface area contributed by atoms with Crippen LogP contribution in [0, 0.1) is 5.92 Å². The zero-order chi connectivity index (χ0) is 16.1. The lowest BCUT2D eigenvalue weighted by atomic mass is 9.99. The maximum Gasteiger partial charge on any atom is 0.223 e. The van der Waals surface area contributed by atoms with Crippen LogP contribution in [0.25, 0.3) is 0 Å². The molecule has 1 amide bonds. The molecule has 1 aromatic carbocycles. The van der Waals surface area contributed by atoms with Gasteiger partial charge in [0, 0.05) is 44.8 Å². The number of piperazine rings is 1. The Labute approximate surface area is 137 Å². The minimum atomic E-state index is 0.0484. The SMILES string of the molecule is COc1ccccc1C1CNCCN1C(=O)CCC1CCOC1. The molecular weight excluding hydrogens is 292 g/mol. The average molecular weight is 318 g/mol. The lowest BCUT2D eigenvalue weighted by Gasteiger charge is -2.37. The van der Waals surface area contributed by atoms with E-state index in [1.54, 1.807) is 7.11 Å². The van der Waals surface area contributed by atoms with Gasteiger partial charge in [0.05, 0.1) is 13.2 Å². The van der Waals surface area contributed by atoms with E-state index in [1.165, 1.54) is 0 Å². The molecule has 2 unspecified atom stereocenters.